The summed E-state index contributed by atoms with van der Waals surface area (Å²) in [5.41, 5.74) is 6.47. The van der Waals surface area contributed by atoms with Gasteiger partial charge in [-0.1, -0.05) is 0 Å². The van der Waals surface area contributed by atoms with Crippen molar-refractivity contribution in [2.24, 2.45) is 0 Å². The molecule has 6 heteroatoms. The number of anilines is 1. The number of hydrogen-bond acceptors (Lipinski definition) is 5. The van der Waals surface area contributed by atoms with E-state index >= 15 is 0 Å². The lowest BCUT2D eigenvalue weighted by atomic mass is 10.4. The molecule has 0 saturated carbocycles. The number of nitrogens with zero attached hydrogens (tertiary/aromatic N) is 2. The zero-order valence-corrected chi connectivity index (χ0v) is 8.36. The molecule has 2 aromatic rings. The van der Waals surface area contributed by atoms with Gasteiger partial charge < -0.3 is 20.2 Å². The summed E-state index contributed by atoms with van der Waals surface area (Å²) >= 11 is 0. The predicted molar refractivity (Wildman–Crippen MR) is 55.0 cm³/mol. The molecule has 0 radical (unpaired) electrons. The highest BCUT2D eigenvalue weighted by molar-refractivity contribution is 5.85. The first-order valence-corrected chi connectivity index (χ1v) is 4.47. The Kier molecular flexibility index (Phi) is 2.79. The van der Waals surface area contributed by atoms with E-state index in [0.29, 0.717) is 11.6 Å². The molecular formula is C9H12N4O2. The fourth-order valence-corrected chi connectivity index (χ4v) is 1.29. The number of fused-ring (bicyclic) bond motifs is 1. The normalized spacial score (nSPS) is 11.0. The van der Waals surface area contributed by atoms with Crippen molar-refractivity contribution in [3.63, 3.8) is 0 Å². The number of aromatic amines is 1. The number of aromatic nitrogens is 3. The molecular weight excluding hydrogens is 196 g/mol. The van der Waals surface area contributed by atoms with Crippen LogP contribution in [0.2, 0.25) is 0 Å². The van der Waals surface area contributed by atoms with Crippen molar-refractivity contribution >= 4 is 16.9 Å². The van der Waals surface area contributed by atoms with Crippen LogP contribution in [0.3, 0.4) is 0 Å². The lowest BCUT2D eigenvalue weighted by Gasteiger charge is -2.03. The number of methoxy groups -OCH3 is 1. The summed E-state index contributed by atoms with van der Waals surface area (Å²) in [6, 6.07) is 1.84. The van der Waals surface area contributed by atoms with E-state index < -0.39 is 0 Å². The van der Waals surface area contributed by atoms with Crippen LogP contribution in [0, 0.1) is 0 Å². The van der Waals surface area contributed by atoms with Crippen molar-refractivity contribution in [3.05, 3.63) is 18.1 Å². The lowest BCUT2D eigenvalue weighted by Crippen LogP contribution is -2.04. The second-order valence-electron chi connectivity index (χ2n) is 3.02. The van der Waals surface area contributed by atoms with E-state index in [1.165, 1.54) is 0 Å². The summed E-state index contributed by atoms with van der Waals surface area (Å²) < 4.78 is 9.88. The van der Waals surface area contributed by atoms with Crippen molar-refractivity contribution in [1.82, 2.24) is 15.0 Å². The monoisotopic (exact) mass is 208 g/mol. The van der Waals surface area contributed by atoms with Gasteiger partial charge in [0.05, 0.1) is 5.39 Å². The van der Waals surface area contributed by atoms with Crippen molar-refractivity contribution in [2.75, 3.05) is 19.6 Å². The molecule has 0 atom stereocenters. The molecule has 3 N–H and O–H groups in total. The van der Waals surface area contributed by atoms with Gasteiger partial charge >= 0.3 is 0 Å². The molecule has 0 spiro atoms. The molecule has 0 bridgehead atoms. The molecule has 2 rings (SSSR count). The standard InChI is InChI=1S/C9H12N4O2/c1-14-5-15-4-7-12-8(10)6-2-3-11-9(6)13-7/h2-3H,4-5H2,1H3,(H3,10,11,12,13). The highest BCUT2D eigenvalue weighted by Gasteiger charge is 2.05. The molecule has 0 aliphatic heterocycles. The van der Waals surface area contributed by atoms with Gasteiger partial charge in [-0.05, 0) is 6.07 Å². The van der Waals surface area contributed by atoms with E-state index in [1.807, 2.05) is 6.07 Å². The highest BCUT2D eigenvalue weighted by atomic mass is 16.7. The fraction of sp³-hybridized carbons (Fsp3) is 0.333. The largest absolute Gasteiger partial charge is 0.383 e. The van der Waals surface area contributed by atoms with Crippen LogP contribution in [-0.2, 0) is 16.1 Å². The fourth-order valence-electron chi connectivity index (χ4n) is 1.29. The summed E-state index contributed by atoms with van der Waals surface area (Å²) in [5, 5.41) is 0.825. The van der Waals surface area contributed by atoms with Crippen molar-refractivity contribution in [1.29, 1.82) is 0 Å². The molecule has 80 valence electrons. The Morgan fingerprint density at radius 2 is 2.33 bits per heavy atom. The van der Waals surface area contributed by atoms with Gasteiger partial charge in [0.25, 0.3) is 0 Å². The molecule has 0 saturated heterocycles. The van der Waals surface area contributed by atoms with Crippen molar-refractivity contribution < 1.29 is 9.47 Å². The number of nitrogen functional groups attached to an aromatic ring is 1. The summed E-state index contributed by atoms with van der Waals surface area (Å²) in [7, 11) is 1.56. The first kappa shape index (κ1) is 9.88. The van der Waals surface area contributed by atoms with E-state index in [4.69, 9.17) is 15.2 Å². The Balaban J connectivity index is 2.21. The SMILES string of the molecule is COCOCc1nc(N)c2cc[nH]c2n1. The van der Waals surface area contributed by atoms with Gasteiger partial charge in [0.1, 0.15) is 24.9 Å². The van der Waals surface area contributed by atoms with E-state index in [-0.39, 0.29) is 13.4 Å². The second-order valence-corrected chi connectivity index (χ2v) is 3.02. The predicted octanol–water partition coefficient (Wildman–Crippen LogP) is 0.661. The van der Waals surface area contributed by atoms with Crippen LogP contribution < -0.4 is 5.73 Å². The van der Waals surface area contributed by atoms with E-state index in [0.717, 1.165) is 11.0 Å². The molecule has 0 aliphatic rings. The number of rotatable bonds is 4. The van der Waals surface area contributed by atoms with Crippen molar-refractivity contribution in [2.45, 2.75) is 6.61 Å². The molecule has 15 heavy (non-hydrogen) atoms. The Bertz CT molecular complexity index is 454. The maximum Gasteiger partial charge on any atom is 0.158 e. The number of hydrogen-bond donors (Lipinski definition) is 2. The minimum Gasteiger partial charge on any atom is -0.383 e. The Labute approximate surface area is 86.4 Å². The number of ether oxygens (including phenoxy) is 2. The maximum atomic E-state index is 5.75. The molecule has 6 nitrogen and oxygen atoms in total. The van der Waals surface area contributed by atoms with Gasteiger partial charge in [-0.2, -0.15) is 0 Å². The molecule has 0 fully saturated rings. The molecule has 0 aliphatic carbocycles. The third-order valence-corrected chi connectivity index (χ3v) is 1.92. The van der Waals surface area contributed by atoms with Crippen LogP contribution in [0.25, 0.3) is 11.0 Å². The first-order chi connectivity index (χ1) is 7.31. The third-order valence-electron chi connectivity index (χ3n) is 1.92. The Morgan fingerprint density at radius 1 is 1.47 bits per heavy atom. The summed E-state index contributed by atoms with van der Waals surface area (Å²) in [5.74, 6) is 0.997. The van der Waals surface area contributed by atoms with Crippen LogP contribution in [0.15, 0.2) is 12.3 Å². The van der Waals surface area contributed by atoms with Gasteiger partial charge in [0, 0.05) is 13.3 Å². The molecule has 2 heterocycles. The van der Waals surface area contributed by atoms with Gasteiger partial charge in [-0.15, -0.1) is 0 Å². The van der Waals surface area contributed by atoms with Crippen LogP contribution in [0.1, 0.15) is 5.82 Å². The zero-order chi connectivity index (χ0) is 10.7. The van der Waals surface area contributed by atoms with Gasteiger partial charge in [0.2, 0.25) is 0 Å². The molecule has 2 aromatic heterocycles. The van der Waals surface area contributed by atoms with Crippen LogP contribution in [0.4, 0.5) is 5.82 Å². The van der Waals surface area contributed by atoms with Crippen LogP contribution in [0.5, 0.6) is 0 Å². The lowest BCUT2D eigenvalue weighted by molar-refractivity contribution is -0.0411. The van der Waals surface area contributed by atoms with Gasteiger partial charge in [-0.3, -0.25) is 0 Å². The first-order valence-electron chi connectivity index (χ1n) is 4.47. The molecule has 0 aromatic carbocycles. The average Bonchev–Trinajstić information content (AvgIpc) is 2.66. The number of H-pyrrole nitrogens is 1. The van der Waals surface area contributed by atoms with Gasteiger partial charge in [0.15, 0.2) is 5.82 Å². The van der Waals surface area contributed by atoms with Gasteiger partial charge in [-0.25, -0.2) is 9.97 Å². The maximum absolute atomic E-state index is 5.75. The number of nitrogens with one attached hydrogen (secondary N) is 1. The smallest absolute Gasteiger partial charge is 0.158 e. The Hall–Kier alpha value is -1.66. The summed E-state index contributed by atoms with van der Waals surface area (Å²) in [6.07, 6.45) is 1.77. The molecule has 0 amide bonds. The quantitative estimate of drug-likeness (QED) is 0.569. The van der Waals surface area contributed by atoms with E-state index in [9.17, 15) is 0 Å². The van der Waals surface area contributed by atoms with Crippen LogP contribution >= 0.6 is 0 Å². The van der Waals surface area contributed by atoms with E-state index in [1.54, 1.807) is 13.3 Å². The zero-order valence-electron chi connectivity index (χ0n) is 8.36. The Morgan fingerprint density at radius 3 is 3.13 bits per heavy atom. The highest BCUT2D eigenvalue weighted by Crippen LogP contribution is 2.15. The summed E-state index contributed by atoms with van der Waals surface area (Å²) in [4.78, 5) is 11.3. The topological polar surface area (TPSA) is 86.0 Å². The average molecular weight is 208 g/mol. The number of nitrogens with two attached hydrogens (primary N) is 1. The molecule has 0 unspecified atom stereocenters. The van der Waals surface area contributed by atoms with E-state index in [2.05, 4.69) is 15.0 Å². The third kappa shape index (κ3) is 2.05. The summed E-state index contributed by atoms with van der Waals surface area (Å²) in [6.45, 7) is 0.499. The van der Waals surface area contributed by atoms with Crippen molar-refractivity contribution in [3.8, 4) is 0 Å². The second kappa shape index (κ2) is 4.24. The minimum atomic E-state index is 0.214. The minimum absolute atomic E-state index is 0.214. The van der Waals surface area contributed by atoms with Crippen LogP contribution in [-0.4, -0.2) is 28.9 Å².